The van der Waals surface area contributed by atoms with E-state index in [1.165, 1.54) is 18.4 Å². The van der Waals surface area contributed by atoms with Crippen molar-refractivity contribution in [2.45, 2.75) is 45.2 Å². The molecule has 5 heteroatoms. The molecule has 0 bridgehead atoms. The fourth-order valence-electron chi connectivity index (χ4n) is 3.64. The van der Waals surface area contributed by atoms with Gasteiger partial charge < -0.3 is 14.4 Å². The molecule has 0 N–H and O–H groups in total. The number of amides is 1. The number of benzene rings is 1. The predicted octanol–water partition coefficient (Wildman–Crippen LogP) is 4.77. The van der Waals surface area contributed by atoms with Gasteiger partial charge in [0.05, 0.1) is 0 Å². The average molecular weight is 369 g/mol. The van der Waals surface area contributed by atoms with Crippen LogP contribution in [0.1, 0.15) is 41.7 Å². The van der Waals surface area contributed by atoms with Gasteiger partial charge in [-0.15, -0.1) is 11.3 Å². The third kappa shape index (κ3) is 3.63. The van der Waals surface area contributed by atoms with Gasteiger partial charge in [0, 0.05) is 23.5 Å². The molecule has 2 aliphatic rings. The van der Waals surface area contributed by atoms with Gasteiger partial charge in [0.15, 0.2) is 11.5 Å². The third-order valence-corrected chi connectivity index (χ3v) is 6.10. The highest BCUT2D eigenvalue weighted by molar-refractivity contribution is 7.11. The zero-order chi connectivity index (χ0) is 17.9. The van der Waals surface area contributed by atoms with Crippen molar-refractivity contribution in [3.05, 3.63) is 51.7 Å². The quantitative estimate of drug-likeness (QED) is 0.713. The fourth-order valence-corrected chi connectivity index (χ4v) is 4.46. The number of carbonyl (C=O) groups is 1. The Hall–Kier alpha value is -2.27. The van der Waals surface area contributed by atoms with Crippen molar-refractivity contribution in [1.82, 2.24) is 4.90 Å². The minimum Gasteiger partial charge on any atom is -0.454 e. The van der Waals surface area contributed by atoms with E-state index in [2.05, 4.69) is 18.4 Å². The molecular weight excluding hydrogens is 346 g/mol. The first kappa shape index (κ1) is 17.2. The van der Waals surface area contributed by atoms with Gasteiger partial charge in [-0.3, -0.25) is 4.79 Å². The van der Waals surface area contributed by atoms with Crippen LogP contribution in [0.5, 0.6) is 11.5 Å². The van der Waals surface area contributed by atoms with Crippen LogP contribution in [-0.4, -0.2) is 23.6 Å². The van der Waals surface area contributed by atoms with Crippen LogP contribution < -0.4 is 9.47 Å². The Morgan fingerprint density at radius 1 is 1.23 bits per heavy atom. The van der Waals surface area contributed by atoms with Gasteiger partial charge in [0.1, 0.15) is 0 Å². The number of carbonyl (C=O) groups excluding carboxylic acids is 1. The Morgan fingerprint density at radius 2 is 2.04 bits per heavy atom. The lowest BCUT2D eigenvalue weighted by atomic mass is 10.1. The smallest absolute Gasteiger partial charge is 0.247 e. The molecule has 0 atom stereocenters. The fraction of sp³-hybridized carbons (Fsp3) is 0.381. The van der Waals surface area contributed by atoms with E-state index in [9.17, 15) is 4.79 Å². The van der Waals surface area contributed by atoms with Crippen LogP contribution in [0.15, 0.2) is 35.7 Å². The molecule has 136 valence electrons. The maximum absolute atomic E-state index is 13.0. The Bertz CT molecular complexity index is 820. The normalized spacial score (nSPS) is 16.5. The highest BCUT2D eigenvalue weighted by Gasteiger charge is 2.26. The molecule has 0 saturated heterocycles. The summed E-state index contributed by atoms with van der Waals surface area (Å²) < 4.78 is 10.9. The molecule has 4 rings (SSSR count). The van der Waals surface area contributed by atoms with Gasteiger partial charge in [-0.2, -0.15) is 0 Å². The number of fused-ring (bicyclic) bond motifs is 1. The van der Waals surface area contributed by atoms with Crippen LogP contribution in [0, 0.1) is 6.92 Å². The number of ether oxygens (including phenoxy) is 2. The molecule has 1 aliphatic heterocycles. The van der Waals surface area contributed by atoms with Gasteiger partial charge in [-0.1, -0.05) is 18.9 Å². The highest BCUT2D eigenvalue weighted by Crippen LogP contribution is 2.34. The lowest BCUT2D eigenvalue weighted by Gasteiger charge is -2.28. The first-order valence-electron chi connectivity index (χ1n) is 9.12. The molecule has 1 aliphatic carbocycles. The van der Waals surface area contributed by atoms with Crippen molar-refractivity contribution in [3.63, 3.8) is 0 Å². The molecular formula is C21H23NO3S. The van der Waals surface area contributed by atoms with Gasteiger partial charge in [-0.05, 0) is 60.5 Å². The average Bonchev–Trinajstić information content (AvgIpc) is 3.39. The van der Waals surface area contributed by atoms with Gasteiger partial charge in [0.25, 0.3) is 0 Å². The van der Waals surface area contributed by atoms with E-state index in [0.717, 1.165) is 34.8 Å². The number of aryl methyl sites for hydroxylation is 1. The van der Waals surface area contributed by atoms with Gasteiger partial charge in [0.2, 0.25) is 12.7 Å². The largest absolute Gasteiger partial charge is 0.454 e. The predicted molar refractivity (Wildman–Crippen MR) is 103 cm³/mol. The summed E-state index contributed by atoms with van der Waals surface area (Å²) >= 11 is 1.66. The molecule has 0 spiro atoms. The van der Waals surface area contributed by atoms with E-state index in [4.69, 9.17) is 9.47 Å². The number of nitrogens with zero attached hydrogens (tertiary/aromatic N) is 1. The first-order valence-corrected chi connectivity index (χ1v) is 10.00. The van der Waals surface area contributed by atoms with Crippen LogP contribution in [0.3, 0.4) is 0 Å². The minimum atomic E-state index is 0.0855. The van der Waals surface area contributed by atoms with Crippen molar-refractivity contribution in [2.75, 3.05) is 6.79 Å². The number of hydrogen-bond donors (Lipinski definition) is 0. The second kappa shape index (κ2) is 7.54. The van der Waals surface area contributed by atoms with Gasteiger partial charge in [-0.25, -0.2) is 0 Å². The SMILES string of the molecule is Cc1ccsc1/C=C/C(=O)N(Cc1ccc2c(c1)OCO2)C1CCCC1. The Balaban J connectivity index is 1.53. The Kier molecular flexibility index (Phi) is 4.98. The summed E-state index contributed by atoms with van der Waals surface area (Å²) in [5, 5.41) is 2.06. The lowest BCUT2D eigenvalue weighted by Crippen LogP contribution is -2.37. The second-order valence-corrected chi connectivity index (χ2v) is 7.84. The molecule has 4 nitrogen and oxygen atoms in total. The molecule has 1 aromatic carbocycles. The monoisotopic (exact) mass is 369 g/mol. The third-order valence-electron chi connectivity index (χ3n) is 5.12. The van der Waals surface area contributed by atoms with E-state index in [1.54, 1.807) is 17.4 Å². The number of rotatable bonds is 5. The topological polar surface area (TPSA) is 38.8 Å². The zero-order valence-corrected chi connectivity index (χ0v) is 15.8. The number of hydrogen-bond acceptors (Lipinski definition) is 4. The first-order chi connectivity index (χ1) is 12.7. The van der Waals surface area contributed by atoms with Crippen molar-refractivity contribution in [1.29, 1.82) is 0 Å². The van der Waals surface area contributed by atoms with Crippen molar-refractivity contribution in [2.24, 2.45) is 0 Å². The maximum Gasteiger partial charge on any atom is 0.247 e. The van der Waals surface area contributed by atoms with E-state index in [1.807, 2.05) is 29.2 Å². The van der Waals surface area contributed by atoms with Crippen LogP contribution in [-0.2, 0) is 11.3 Å². The van der Waals surface area contributed by atoms with Crippen molar-refractivity contribution >= 4 is 23.3 Å². The van der Waals surface area contributed by atoms with Crippen LogP contribution in [0.25, 0.3) is 6.08 Å². The minimum absolute atomic E-state index is 0.0855. The second-order valence-electron chi connectivity index (χ2n) is 6.89. The molecule has 1 amide bonds. The molecule has 1 fully saturated rings. The summed E-state index contributed by atoms with van der Waals surface area (Å²) in [6.07, 6.45) is 8.24. The molecule has 2 heterocycles. The van der Waals surface area contributed by atoms with Crippen LogP contribution in [0.2, 0.25) is 0 Å². The number of thiophene rings is 1. The molecule has 26 heavy (non-hydrogen) atoms. The molecule has 0 radical (unpaired) electrons. The molecule has 0 unspecified atom stereocenters. The van der Waals surface area contributed by atoms with Crippen LogP contribution in [0.4, 0.5) is 0 Å². The van der Waals surface area contributed by atoms with E-state index in [0.29, 0.717) is 12.6 Å². The van der Waals surface area contributed by atoms with E-state index < -0.39 is 0 Å². The highest BCUT2D eigenvalue weighted by atomic mass is 32.1. The maximum atomic E-state index is 13.0. The summed E-state index contributed by atoms with van der Waals surface area (Å²) in [6.45, 7) is 2.95. The standard InChI is InChI=1S/C21H23NO3S/c1-15-10-11-26-20(15)8-9-21(23)22(17-4-2-3-5-17)13-16-6-7-18-19(12-16)25-14-24-18/h6-12,17H,2-5,13-14H2,1H3/b9-8+. The zero-order valence-electron chi connectivity index (χ0n) is 14.9. The molecule has 1 saturated carbocycles. The summed E-state index contributed by atoms with van der Waals surface area (Å²) in [5.41, 5.74) is 2.29. The van der Waals surface area contributed by atoms with E-state index in [-0.39, 0.29) is 12.7 Å². The Morgan fingerprint density at radius 3 is 2.81 bits per heavy atom. The Labute approximate surface area is 158 Å². The molecule has 1 aromatic heterocycles. The summed E-state index contributed by atoms with van der Waals surface area (Å²) in [6, 6.07) is 8.35. The summed E-state index contributed by atoms with van der Waals surface area (Å²) in [7, 11) is 0. The van der Waals surface area contributed by atoms with E-state index >= 15 is 0 Å². The van der Waals surface area contributed by atoms with Gasteiger partial charge >= 0.3 is 0 Å². The molecule has 2 aromatic rings. The summed E-state index contributed by atoms with van der Waals surface area (Å²) in [5.74, 6) is 1.63. The van der Waals surface area contributed by atoms with Crippen LogP contribution >= 0.6 is 11.3 Å². The van der Waals surface area contributed by atoms with Crippen molar-refractivity contribution in [3.8, 4) is 11.5 Å². The van der Waals surface area contributed by atoms with Crippen molar-refractivity contribution < 1.29 is 14.3 Å². The summed E-state index contributed by atoms with van der Waals surface area (Å²) in [4.78, 5) is 16.1. The lowest BCUT2D eigenvalue weighted by molar-refractivity contribution is -0.128.